The average molecular weight is 263 g/mol. The Bertz CT molecular complexity index is 516. The highest BCUT2D eigenvalue weighted by Gasteiger charge is 2.10. The molecule has 1 nitrogen and oxygen atoms in total. The molecule has 0 amide bonds. The van der Waals surface area contributed by atoms with E-state index in [0.29, 0.717) is 10.6 Å². The zero-order chi connectivity index (χ0) is 13.0. The van der Waals surface area contributed by atoms with Crippen LogP contribution in [0.15, 0.2) is 48.5 Å². The molecule has 92 valence electrons. The van der Waals surface area contributed by atoms with E-state index in [1.165, 1.54) is 6.07 Å². The van der Waals surface area contributed by atoms with Crippen LogP contribution in [0.2, 0.25) is 5.02 Å². The molecule has 3 heteroatoms. The Hall–Kier alpha value is -1.67. The highest BCUT2D eigenvalue weighted by molar-refractivity contribution is 6.31. The largest absolute Gasteiger partial charge is 0.299 e. The second-order valence-electron chi connectivity index (χ2n) is 4.08. The van der Waals surface area contributed by atoms with E-state index in [9.17, 15) is 9.18 Å². The molecule has 2 rings (SSSR count). The van der Waals surface area contributed by atoms with Crippen LogP contribution in [0.25, 0.3) is 0 Å². The van der Waals surface area contributed by atoms with Gasteiger partial charge in [-0.2, -0.15) is 0 Å². The molecule has 0 bridgehead atoms. The Kier molecular flexibility index (Phi) is 4.11. The molecule has 0 aromatic heterocycles. The predicted molar refractivity (Wildman–Crippen MR) is 70.3 cm³/mol. The smallest absolute Gasteiger partial charge is 0.141 e. The van der Waals surface area contributed by atoms with E-state index in [4.69, 9.17) is 11.6 Å². The fourth-order valence-corrected chi connectivity index (χ4v) is 1.97. The van der Waals surface area contributed by atoms with Gasteiger partial charge < -0.3 is 0 Å². The summed E-state index contributed by atoms with van der Waals surface area (Å²) in [5.41, 5.74) is 1.20. The van der Waals surface area contributed by atoms with Gasteiger partial charge in [0.25, 0.3) is 0 Å². The SMILES string of the molecule is O=C(Cc1ccccc1F)Cc1ccccc1Cl. The fraction of sp³-hybridized carbons (Fsp3) is 0.133. The van der Waals surface area contributed by atoms with Crippen molar-refractivity contribution in [3.63, 3.8) is 0 Å². The predicted octanol–water partition coefficient (Wildman–Crippen LogP) is 3.83. The molecule has 0 radical (unpaired) electrons. The van der Waals surface area contributed by atoms with Crippen molar-refractivity contribution in [2.75, 3.05) is 0 Å². The minimum Gasteiger partial charge on any atom is -0.299 e. The summed E-state index contributed by atoms with van der Waals surface area (Å²) >= 11 is 5.98. The van der Waals surface area contributed by atoms with Gasteiger partial charge in [-0.1, -0.05) is 48.0 Å². The molecule has 0 saturated carbocycles. The number of benzene rings is 2. The van der Waals surface area contributed by atoms with Gasteiger partial charge >= 0.3 is 0 Å². The number of hydrogen-bond donors (Lipinski definition) is 0. The molecule has 0 aliphatic rings. The third-order valence-corrected chi connectivity index (χ3v) is 3.06. The van der Waals surface area contributed by atoms with Crippen LogP contribution in [0, 0.1) is 5.82 Å². The highest BCUT2D eigenvalue weighted by Crippen LogP contribution is 2.17. The molecule has 0 unspecified atom stereocenters. The zero-order valence-corrected chi connectivity index (χ0v) is 10.5. The lowest BCUT2D eigenvalue weighted by Gasteiger charge is -2.04. The summed E-state index contributed by atoms with van der Waals surface area (Å²) in [7, 11) is 0. The molecule has 0 fully saturated rings. The van der Waals surface area contributed by atoms with Crippen molar-refractivity contribution in [2.45, 2.75) is 12.8 Å². The van der Waals surface area contributed by atoms with E-state index in [0.717, 1.165) is 5.56 Å². The molecule has 2 aromatic carbocycles. The Balaban J connectivity index is 2.06. The Morgan fingerprint density at radius 1 is 0.944 bits per heavy atom. The molecule has 0 spiro atoms. The van der Waals surface area contributed by atoms with Gasteiger partial charge in [0.15, 0.2) is 0 Å². The van der Waals surface area contributed by atoms with Gasteiger partial charge in [-0.05, 0) is 23.3 Å². The van der Waals surface area contributed by atoms with Crippen LogP contribution in [0.1, 0.15) is 11.1 Å². The normalized spacial score (nSPS) is 10.3. The van der Waals surface area contributed by atoms with Gasteiger partial charge in [-0.25, -0.2) is 4.39 Å². The van der Waals surface area contributed by atoms with Gasteiger partial charge in [0.1, 0.15) is 11.6 Å². The molecule has 0 aliphatic carbocycles. The summed E-state index contributed by atoms with van der Waals surface area (Å²) in [6.07, 6.45) is 0.325. The molecule has 0 heterocycles. The topological polar surface area (TPSA) is 17.1 Å². The van der Waals surface area contributed by atoms with E-state index in [1.54, 1.807) is 24.3 Å². The second-order valence-corrected chi connectivity index (χ2v) is 4.48. The van der Waals surface area contributed by atoms with Crippen molar-refractivity contribution in [2.24, 2.45) is 0 Å². The molecular weight excluding hydrogens is 251 g/mol. The Labute approximate surface area is 110 Å². The molecule has 18 heavy (non-hydrogen) atoms. The summed E-state index contributed by atoms with van der Waals surface area (Å²) < 4.78 is 13.4. The monoisotopic (exact) mass is 262 g/mol. The molecular formula is C15H12ClFO. The maximum absolute atomic E-state index is 13.4. The molecule has 0 saturated heterocycles. The van der Waals surface area contributed by atoms with Crippen molar-refractivity contribution in [3.05, 3.63) is 70.5 Å². The lowest BCUT2D eigenvalue weighted by Crippen LogP contribution is -2.08. The number of carbonyl (C=O) groups is 1. The maximum Gasteiger partial charge on any atom is 0.141 e. The summed E-state index contributed by atoms with van der Waals surface area (Å²) in [6.45, 7) is 0. The minimum atomic E-state index is -0.343. The van der Waals surface area contributed by atoms with Crippen molar-refractivity contribution in [1.82, 2.24) is 0 Å². The lowest BCUT2D eigenvalue weighted by atomic mass is 10.0. The number of carbonyl (C=O) groups excluding carboxylic acids is 1. The van der Waals surface area contributed by atoms with Crippen molar-refractivity contribution in [1.29, 1.82) is 0 Å². The average Bonchev–Trinajstić information content (AvgIpc) is 2.35. The molecule has 0 N–H and O–H groups in total. The van der Waals surface area contributed by atoms with E-state index in [2.05, 4.69) is 0 Å². The summed E-state index contributed by atoms with van der Waals surface area (Å²) in [5.74, 6) is -0.391. The van der Waals surface area contributed by atoms with Gasteiger partial charge in [-0.15, -0.1) is 0 Å². The van der Waals surface area contributed by atoms with Crippen LogP contribution in [-0.2, 0) is 17.6 Å². The van der Waals surface area contributed by atoms with Crippen LogP contribution in [0.3, 0.4) is 0 Å². The van der Waals surface area contributed by atoms with Crippen molar-refractivity contribution < 1.29 is 9.18 Å². The highest BCUT2D eigenvalue weighted by atomic mass is 35.5. The summed E-state index contributed by atoms with van der Waals surface area (Å²) in [4.78, 5) is 11.9. The van der Waals surface area contributed by atoms with E-state index in [1.807, 2.05) is 18.2 Å². The molecule has 0 aliphatic heterocycles. The van der Waals surface area contributed by atoms with Gasteiger partial charge in [0, 0.05) is 17.9 Å². The van der Waals surface area contributed by atoms with Crippen LogP contribution in [0.4, 0.5) is 4.39 Å². The first-order valence-electron chi connectivity index (χ1n) is 5.65. The van der Waals surface area contributed by atoms with Crippen molar-refractivity contribution in [3.8, 4) is 0 Å². The maximum atomic E-state index is 13.4. The first kappa shape index (κ1) is 12.8. The van der Waals surface area contributed by atoms with Gasteiger partial charge in [-0.3, -0.25) is 4.79 Å². The Morgan fingerprint density at radius 3 is 2.17 bits per heavy atom. The lowest BCUT2D eigenvalue weighted by molar-refractivity contribution is -0.117. The fourth-order valence-electron chi connectivity index (χ4n) is 1.77. The Morgan fingerprint density at radius 2 is 1.50 bits per heavy atom. The second kappa shape index (κ2) is 5.78. The third-order valence-electron chi connectivity index (χ3n) is 2.69. The van der Waals surface area contributed by atoms with E-state index < -0.39 is 0 Å². The van der Waals surface area contributed by atoms with Crippen LogP contribution in [0.5, 0.6) is 0 Å². The van der Waals surface area contributed by atoms with Gasteiger partial charge in [0.2, 0.25) is 0 Å². The summed E-state index contributed by atoms with van der Waals surface area (Å²) in [5, 5.41) is 0.569. The zero-order valence-electron chi connectivity index (χ0n) is 9.70. The minimum absolute atomic E-state index is 0.0480. The first-order valence-corrected chi connectivity index (χ1v) is 6.03. The number of ketones is 1. The number of Topliss-reactive ketones (excluding diaryl/α,β-unsaturated/α-hetero) is 1. The van der Waals surface area contributed by atoms with Crippen LogP contribution in [-0.4, -0.2) is 5.78 Å². The number of rotatable bonds is 4. The number of halogens is 2. The van der Waals surface area contributed by atoms with Crippen LogP contribution >= 0.6 is 11.6 Å². The van der Waals surface area contributed by atoms with Crippen molar-refractivity contribution >= 4 is 17.4 Å². The third kappa shape index (κ3) is 3.17. The quantitative estimate of drug-likeness (QED) is 0.818. The van der Waals surface area contributed by atoms with E-state index in [-0.39, 0.29) is 24.4 Å². The molecule has 2 aromatic rings. The van der Waals surface area contributed by atoms with Crippen LogP contribution < -0.4 is 0 Å². The van der Waals surface area contributed by atoms with Gasteiger partial charge in [0.05, 0.1) is 0 Å². The first-order chi connectivity index (χ1) is 8.66. The summed E-state index contributed by atoms with van der Waals surface area (Å²) in [6, 6.07) is 13.5. The number of hydrogen-bond acceptors (Lipinski definition) is 1. The van der Waals surface area contributed by atoms with E-state index >= 15 is 0 Å². The standard InChI is InChI=1S/C15H12ClFO/c16-14-7-3-1-5-11(14)9-13(18)10-12-6-2-4-8-15(12)17/h1-8H,9-10H2. The molecule has 0 atom stereocenters.